The number of carbonyl (C=O) groups excluding carboxylic acids is 2. The minimum Gasteiger partial charge on any atom is -0.339 e. The van der Waals surface area contributed by atoms with E-state index in [1.54, 1.807) is 43.0 Å². The number of nitrogens with one attached hydrogen (secondary N) is 1. The summed E-state index contributed by atoms with van der Waals surface area (Å²) >= 11 is 1.12. The zero-order chi connectivity index (χ0) is 22.5. The summed E-state index contributed by atoms with van der Waals surface area (Å²) in [7, 11) is 3.41. The van der Waals surface area contributed by atoms with Crippen molar-refractivity contribution in [3.8, 4) is 17.1 Å². The van der Waals surface area contributed by atoms with Gasteiger partial charge in [-0.1, -0.05) is 48.5 Å². The fourth-order valence-electron chi connectivity index (χ4n) is 2.92. The normalized spacial score (nSPS) is 10.6. The summed E-state index contributed by atoms with van der Waals surface area (Å²) in [5, 5.41) is 7.23. The average molecular weight is 444 g/mol. The third-order valence-corrected chi connectivity index (χ3v) is 5.57. The molecule has 0 saturated carbocycles. The van der Waals surface area contributed by atoms with Gasteiger partial charge in [-0.2, -0.15) is 0 Å². The molecule has 0 unspecified atom stereocenters. The number of nitrogens with zero attached hydrogens (tertiary/aromatic N) is 4. The molecule has 0 aliphatic rings. The zero-order valence-corrected chi connectivity index (χ0v) is 18.4. The first-order valence-corrected chi connectivity index (χ1v) is 10.7. The SMILES string of the molecule is CN(C)C(=O)Sc1ccc(NC(=O)c2nc(-c3ccccc3)n(-c3ccccc3)n2)cc1. The second-order valence-corrected chi connectivity index (χ2v) is 8.14. The number of anilines is 1. The van der Waals surface area contributed by atoms with Crippen LogP contribution < -0.4 is 5.32 Å². The molecule has 7 nitrogen and oxygen atoms in total. The lowest BCUT2D eigenvalue weighted by molar-refractivity contribution is 0.101. The summed E-state index contributed by atoms with van der Waals surface area (Å²) in [5.74, 6) is 0.228. The van der Waals surface area contributed by atoms with E-state index in [2.05, 4.69) is 15.4 Å². The van der Waals surface area contributed by atoms with E-state index in [0.717, 1.165) is 27.9 Å². The van der Waals surface area contributed by atoms with Gasteiger partial charge in [-0.05, 0) is 48.2 Å². The number of hydrogen-bond donors (Lipinski definition) is 1. The second-order valence-electron chi connectivity index (χ2n) is 7.11. The Kier molecular flexibility index (Phi) is 6.32. The zero-order valence-electron chi connectivity index (χ0n) is 17.6. The molecule has 32 heavy (non-hydrogen) atoms. The molecule has 1 heterocycles. The molecule has 2 amide bonds. The first-order valence-electron chi connectivity index (χ1n) is 9.90. The Bertz CT molecular complexity index is 1170. The molecule has 0 fully saturated rings. The first-order chi connectivity index (χ1) is 15.5. The lowest BCUT2D eigenvalue weighted by Crippen LogP contribution is -2.16. The van der Waals surface area contributed by atoms with Crippen LogP contribution in [0.3, 0.4) is 0 Å². The number of hydrogen-bond acceptors (Lipinski definition) is 5. The summed E-state index contributed by atoms with van der Waals surface area (Å²) in [4.78, 5) is 31.5. The van der Waals surface area contributed by atoms with Crippen molar-refractivity contribution in [3.05, 3.63) is 90.8 Å². The van der Waals surface area contributed by atoms with Gasteiger partial charge in [0.2, 0.25) is 5.82 Å². The molecule has 1 N–H and O–H groups in total. The summed E-state index contributed by atoms with van der Waals surface area (Å²) in [5.41, 5.74) is 2.26. The second kappa shape index (κ2) is 9.49. The van der Waals surface area contributed by atoms with Gasteiger partial charge in [0.15, 0.2) is 5.82 Å². The van der Waals surface area contributed by atoms with Crippen LogP contribution in [0.15, 0.2) is 89.8 Å². The Morgan fingerprint density at radius 3 is 2.12 bits per heavy atom. The number of rotatable bonds is 5. The molecule has 0 radical (unpaired) electrons. The predicted molar refractivity (Wildman–Crippen MR) is 126 cm³/mol. The van der Waals surface area contributed by atoms with E-state index in [4.69, 9.17) is 0 Å². The van der Waals surface area contributed by atoms with Crippen molar-refractivity contribution >= 4 is 28.6 Å². The number of para-hydroxylation sites is 1. The molecular weight excluding hydrogens is 422 g/mol. The van der Waals surface area contributed by atoms with Crippen LogP contribution in [0.4, 0.5) is 10.5 Å². The molecule has 4 aromatic rings. The van der Waals surface area contributed by atoms with E-state index in [-0.39, 0.29) is 11.1 Å². The highest BCUT2D eigenvalue weighted by Gasteiger charge is 2.19. The maximum absolute atomic E-state index is 12.9. The van der Waals surface area contributed by atoms with E-state index < -0.39 is 5.91 Å². The molecule has 0 aliphatic carbocycles. The summed E-state index contributed by atoms with van der Waals surface area (Å²) in [6, 6.07) is 26.2. The third kappa shape index (κ3) is 4.87. The van der Waals surface area contributed by atoms with E-state index in [1.165, 1.54) is 4.90 Å². The van der Waals surface area contributed by atoms with Crippen molar-refractivity contribution in [1.82, 2.24) is 19.7 Å². The highest BCUT2D eigenvalue weighted by atomic mass is 32.2. The Labute approximate surface area is 190 Å². The van der Waals surface area contributed by atoms with Crippen molar-refractivity contribution in [2.45, 2.75) is 4.90 Å². The molecule has 160 valence electrons. The van der Waals surface area contributed by atoms with Gasteiger partial charge >= 0.3 is 0 Å². The van der Waals surface area contributed by atoms with Crippen LogP contribution in [0.1, 0.15) is 10.6 Å². The Balaban J connectivity index is 1.58. The first kappa shape index (κ1) is 21.3. The van der Waals surface area contributed by atoms with Gasteiger partial charge in [0.05, 0.1) is 5.69 Å². The van der Waals surface area contributed by atoms with Crippen LogP contribution in [-0.4, -0.2) is 44.9 Å². The fraction of sp³-hybridized carbons (Fsp3) is 0.0833. The third-order valence-electron chi connectivity index (χ3n) is 4.53. The van der Waals surface area contributed by atoms with Crippen LogP contribution in [0, 0.1) is 0 Å². The Morgan fingerprint density at radius 2 is 1.50 bits per heavy atom. The average Bonchev–Trinajstić information content (AvgIpc) is 3.27. The summed E-state index contributed by atoms with van der Waals surface area (Å²) in [6.07, 6.45) is 0. The van der Waals surface area contributed by atoms with E-state index in [1.807, 2.05) is 60.7 Å². The van der Waals surface area contributed by atoms with Gasteiger partial charge in [0.25, 0.3) is 11.1 Å². The van der Waals surface area contributed by atoms with Gasteiger partial charge in [-0.25, -0.2) is 9.67 Å². The Hall–Kier alpha value is -3.91. The lowest BCUT2D eigenvalue weighted by Gasteiger charge is -2.09. The van der Waals surface area contributed by atoms with Crippen molar-refractivity contribution in [2.24, 2.45) is 0 Å². The van der Waals surface area contributed by atoms with Gasteiger partial charge in [-0.3, -0.25) is 9.59 Å². The standard InChI is InChI=1S/C24H21N5O2S/c1-28(2)24(31)32-20-15-13-18(14-16-20)25-23(30)21-26-22(17-9-5-3-6-10-17)29(27-21)19-11-7-4-8-12-19/h3-16H,1-2H3,(H,25,30). The molecule has 0 spiro atoms. The van der Waals surface area contributed by atoms with Crippen LogP contribution in [0.5, 0.6) is 0 Å². The molecule has 4 rings (SSSR count). The monoisotopic (exact) mass is 443 g/mol. The van der Waals surface area contributed by atoms with Crippen molar-refractivity contribution in [1.29, 1.82) is 0 Å². The summed E-state index contributed by atoms with van der Waals surface area (Å²) < 4.78 is 1.66. The fourth-order valence-corrected chi connectivity index (χ4v) is 3.57. The highest BCUT2D eigenvalue weighted by molar-refractivity contribution is 8.13. The Morgan fingerprint density at radius 1 is 0.875 bits per heavy atom. The largest absolute Gasteiger partial charge is 0.339 e. The van der Waals surface area contributed by atoms with Crippen LogP contribution >= 0.6 is 11.8 Å². The number of aromatic nitrogens is 3. The smallest absolute Gasteiger partial charge is 0.295 e. The predicted octanol–water partition coefficient (Wildman–Crippen LogP) is 4.96. The van der Waals surface area contributed by atoms with Crippen LogP contribution in [-0.2, 0) is 0 Å². The van der Waals surface area contributed by atoms with Crippen molar-refractivity contribution in [3.63, 3.8) is 0 Å². The molecule has 1 aromatic heterocycles. The van der Waals surface area contributed by atoms with Gasteiger partial charge < -0.3 is 10.2 Å². The number of amides is 2. The molecule has 0 bridgehead atoms. The van der Waals surface area contributed by atoms with E-state index in [0.29, 0.717) is 11.5 Å². The quantitative estimate of drug-likeness (QED) is 0.441. The number of benzene rings is 3. The highest BCUT2D eigenvalue weighted by Crippen LogP contribution is 2.24. The molecule has 0 saturated heterocycles. The van der Waals surface area contributed by atoms with Gasteiger partial charge in [-0.15, -0.1) is 5.10 Å². The minimum absolute atomic E-state index is 0.0638. The van der Waals surface area contributed by atoms with Crippen molar-refractivity contribution in [2.75, 3.05) is 19.4 Å². The minimum atomic E-state index is -0.415. The molecule has 3 aromatic carbocycles. The molecule has 8 heteroatoms. The molecule has 0 aliphatic heterocycles. The van der Waals surface area contributed by atoms with Gasteiger partial charge in [0.1, 0.15) is 0 Å². The van der Waals surface area contributed by atoms with Crippen LogP contribution in [0.2, 0.25) is 0 Å². The van der Waals surface area contributed by atoms with E-state index in [9.17, 15) is 9.59 Å². The van der Waals surface area contributed by atoms with E-state index >= 15 is 0 Å². The summed E-state index contributed by atoms with van der Waals surface area (Å²) in [6.45, 7) is 0. The van der Waals surface area contributed by atoms with Gasteiger partial charge in [0, 0.05) is 30.2 Å². The maximum atomic E-state index is 12.9. The molecule has 0 atom stereocenters. The number of thioether (sulfide) groups is 1. The lowest BCUT2D eigenvalue weighted by atomic mass is 10.2. The number of carbonyl (C=O) groups is 2. The van der Waals surface area contributed by atoms with Crippen LogP contribution in [0.25, 0.3) is 17.1 Å². The topological polar surface area (TPSA) is 80.1 Å². The maximum Gasteiger partial charge on any atom is 0.295 e. The van der Waals surface area contributed by atoms with Crippen molar-refractivity contribution < 1.29 is 9.59 Å². The molecular formula is C24H21N5O2S.